The highest BCUT2D eigenvalue weighted by atomic mass is 16.1. The van der Waals surface area contributed by atoms with Crippen molar-refractivity contribution in [3.05, 3.63) is 34.8 Å². The molecule has 10 heavy (non-hydrogen) atoms. The highest BCUT2D eigenvalue weighted by molar-refractivity contribution is 6.06. The Labute approximate surface area is 57.5 Å². The maximum Gasteiger partial charge on any atom is 0.270 e. The van der Waals surface area contributed by atoms with E-state index in [0.717, 1.165) is 10.6 Å². The Hall–Kier alpha value is -1.44. The van der Waals surface area contributed by atoms with Crippen LogP contribution in [-0.2, 0) is 4.79 Å². The van der Waals surface area contributed by atoms with Crippen molar-refractivity contribution in [3.63, 3.8) is 0 Å². The number of hydrogen-bond acceptors (Lipinski definition) is 1. The molecule has 1 radical (unpaired) electrons. The Balaban J connectivity index is 2.96. The molecule has 1 aliphatic heterocycles. The summed E-state index contributed by atoms with van der Waals surface area (Å²) < 4.78 is 0. The number of hydrogen-bond donors (Lipinski definition) is 0. The van der Waals surface area contributed by atoms with E-state index in [2.05, 4.69) is 11.1 Å². The summed E-state index contributed by atoms with van der Waals surface area (Å²) in [5.41, 5.74) is 0. The lowest BCUT2D eigenvalue weighted by atomic mass is 10.3. The molecule has 0 bridgehead atoms. The highest BCUT2D eigenvalue weighted by Crippen LogP contribution is 1.81. The van der Waals surface area contributed by atoms with Crippen molar-refractivity contribution < 1.29 is 4.79 Å². The summed E-state index contributed by atoms with van der Waals surface area (Å²) in [5.74, 6) is -0.172. The van der Waals surface area contributed by atoms with Gasteiger partial charge in [0.05, 0.1) is 5.36 Å². The minimum Gasteiger partial charge on any atom is -0.267 e. The molecule has 2 nitrogen and oxygen atoms in total. The first-order chi connectivity index (χ1) is 4.86. The standard InChI is InChI=1S/C8H4NO/c10-8-5-6-3-1-2-4-7(6)9-8/h2-5H. The van der Waals surface area contributed by atoms with Crippen LogP contribution in [0.3, 0.4) is 0 Å². The van der Waals surface area contributed by atoms with Crippen molar-refractivity contribution in [2.24, 2.45) is 4.99 Å². The maximum absolute atomic E-state index is 10.7. The second-order valence-corrected chi connectivity index (χ2v) is 2.08. The van der Waals surface area contributed by atoms with Gasteiger partial charge in [0.15, 0.2) is 0 Å². The molecule has 0 saturated heterocycles. The minimum absolute atomic E-state index is 0.172. The van der Waals surface area contributed by atoms with Crippen LogP contribution in [0.15, 0.2) is 23.2 Å². The van der Waals surface area contributed by atoms with Crippen molar-refractivity contribution in [3.8, 4) is 0 Å². The summed E-state index contributed by atoms with van der Waals surface area (Å²) in [4.78, 5) is 14.4. The van der Waals surface area contributed by atoms with Crippen LogP contribution in [-0.4, -0.2) is 5.91 Å². The molecule has 1 aromatic rings. The van der Waals surface area contributed by atoms with Gasteiger partial charge < -0.3 is 0 Å². The summed E-state index contributed by atoms with van der Waals surface area (Å²) in [6.45, 7) is 0. The Bertz CT molecular complexity index is 355. The average Bonchev–Trinajstić information content (AvgIpc) is 2.27. The quantitative estimate of drug-likeness (QED) is 0.462. The zero-order valence-corrected chi connectivity index (χ0v) is 5.16. The van der Waals surface area contributed by atoms with Crippen LogP contribution >= 0.6 is 0 Å². The number of carbonyl (C=O) groups is 1. The molecule has 1 aliphatic rings. The van der Waals surface area contributed by atoms with Gasteiger partial charge in [0, 0.05) is 11.3 Å². The molecule has 0 spiro atoms. The molecular weight excluding hydrogens is 126 g/mol. The lowest BCUT2D eigenvalue weighted by Gasteiger charge is -1.76. The van der Waals surface area contributed by atoms with Crippen molar-refractivity contribution in [1.82, 2.24) is 0 Å². The number of carbonyl (C=O) groups excluding carboxylic acids is 1. The predicted octanol–water partition coefficient (Wildman–Crippen LogP) is -0.573. The first kappa shape index (κ1) is 5.35. The van der Waals surface area contributed by atoms with Gasteiger partial charge in [-0.3, -0.25) is 4.79 Å². The van der Waals surface area contributed by atoms with Crippen LogP contribution in [0.5, 0.6) is 0 Å². The number of fused-ring (bicyclic) bond motifs is 1. The van der Waals surface area contributed by atoms with E-state index in [4.69, 9.17) is 0 Å². The van der Waals surface area contributed by atoms with Crippen LogP contribution in [0.2, 0.25) is 0 Å². The highest BCUT2D eigenvalue weighted by Gasteiger charge is 1.99. The maximum atomic E-state index is 10.7. The van der Waals surface area contributed by atoms with Crippen LogP contribution in [0.25, 0.3) is 6.08 Å². The van der Waals surface area contributed by atoms with Crippen LogP contribution in [0.1, 0.15) is 0 Å². The van der Waals surface area contributed by atoms with Gasteiger partial charge in [-0.05, 0) is 18.2 Å². The second-order valence-electron chi connectivity index (χ2n) is 2.08. The van der Waals surface area contributed by atoms with E-state index in [0.29, 0.717) is 0 Å². The Morgan fingerprint density at radius 2 is 2.40 bits per heavy atom. The fourth-order valence-corrected chi connectivity index (χ4v) is 0.937. The largest absolute Gasteiger partial charge is 0.270 e. The normalized spacial score (nSPS) is 13.8. The van der Waals surface area contributed by atoms with Crippen molar-refractivity contribution in [1.29, 1.82) is 0 Å². The Morgan fingerprint density at radius 1 is 1.50 bits per heavy atom. The summed E-state index contributed by atoms with van der Waals surface area (Å²) in [6.07, 6.45) is 1.51. The van der Waals surface area contributed by atoms with Gasteiger partial charge in [0.25, 0.3) is 5.91 Å². The number of amides is 1. The molecule has 0 atom stereocenters. The van der Waals surface area contributed by atoms with E-state index in [1.807, 2.05) is 0 Å². The fraction of sp³-hybridized carbons (Fsp3) is 0. The lowest BCUT2D eigenvalue weighted by Crippen LogP contribution is -2.19. The minimum atomic E-state index is -0.172. The van der Waals surface area contributed by atoms with E-state index >= 15 is 0 Å². The number of benzene rings is 1. The topological polar surface area (TPSA) is 29.4 Å². The third-order valence-electron chi connectivity index (χ3n) is 1.38. The molecule has 1 amide bonds. The Morgan fingerprint density at radius 3 is 3.20 bits per heavy atom. The molecule has 1 aromatic carbocycles. The first-order valence-electron chi connectivity index (χ1n) is 2.97. The fourth-order valence-electron chi connectivity index (χ4n) is 0.937. The SMILES string of the molecule is O=C1C=c2c[c]ccc2=N1. The van der Waals surface area contributed by atoms with Crippen LogP contribution in [0.4, 0.5) is 0 Å². The van der Waals surface area contributed by atoms with E-state index in [9.17, 15) is 4.79 Å². The van der Waals surface area contributed by atoms with E-state index in [1.165, 1.54) is 6.08 Å². The number of nitrogens with zero attached hydrogens (tertiary/aromatic N) is 1. The summed E-state index contributed by atoms with van der Waals surface area (Å²) in [6, 6.07) is 8.14. The van der Waals surface area contributed by atoms with Crippen molar-refractivity contribution in [2.45, 2.75) is 0 Å². The molecule has 47 valence electrons. The second kappa shape index (κ2) is 1.77. The molecule has 0 aliphatic carbocycles. The smallest absolute Gasteiger partial charge is 0.267 e. The zero-order chi connectivity index (χ0) is 6.97. The van der Waals surface area contributed by atoms with Gasteiger partial charge in [0.2, 0.25) is 0 Å². The van der Waals surface area contributed by atoms with Crippen molar-refractivity contribution >= 4 is 12.0 Å². The monoisotopic (exact) mass is 130 g/mol. The molecule has 2 rings (SSSR count). The lowest BCUT2D eigenvalue weighted by molar-refractivity contribution is -0.112. The average molecular weight is 130 g/mol. The third kappa shape index (κ3) is 0.658. The molecule has 1 heterocycles. The van der Waals surface area contributed by atoms with Gasteiger partial charge in [-0.25, -0.2) is 4.99 Å². The van der Waals surface area contributed by atoms with Crippen LogP contribution < -0.4 is 10.6 Å². The summed E-state index contributed by atoms with van der Waals surface area (Å²) in [7, 11) is 0. The molecule has 0 saturated carbocycles. The van der Waals surface area contributed by atoms with Gasteiger partial charge >= 0.3 is 0 Å². The van der Waals surface area contributed by atoms with Crippen molar-refractivity contribution in [2.75, 3.05) is 0 Å². The Kier molecular flexibility index (Phi) is 0.947. The molecule has 0 N–H and O–H groups in total. The first-order valence-corrected chi connectivity index (χ1v) is 2.97. The van der Waals surface area contributed by atoms with Gasteiger partial charge in [-0.15, -0.1) is 0 Å². The summed E-state index contributed by atoms with van der Waals surface area (Å²) in [5, 5.41) is 1.62. The van der Waals surface area contributed by atoms with E-state index in [-0.39, 0.29) is 5.91 Å². The molecule has 0 fully saturated rings. The van der Waals surface area contributed by atoms with E-state index < -0.39 is 0 Å². The molecule has 0 aromatic heterocycles. The van der Waals surface area contributed by atoms with Crippen LogP contribution in [0, 0.1) is 6.07 Å². The predicted molar refractivity (Wildman–Crippen MR) is 35.5 cm³/mol. The van der Waals surface area contributed by atoms with Gasteiger partial charge in [-0.1, -0.05) is 6.07 Å². The van der Waals surface area contributed by atoms with Gasteiger partial charge in [0.1, 0.15) is 0 Å². The molecule has 2 heteroatoms. The van der Waals surface area contributed by atoms with E-state index in [1.54, 1.807) is 18.2 Å². The molecular formula is C8H4NO. The number of rotatable bonds is 0. The summed E-state index contributed by atoms with van der Waals surface area (Å²) >= 11 is 0. The molecule has 0 unspecified atom stereocenters. The van der Waals surface area contributed by atoms with Gasteiger partial charge in [-0.2, -0.15) is 0 Å². The zero-order valence-electron chi connectivity index (χ0n) is 5.16. The third-order valence-corrected chi connectivity index (χ3v) is 1.38.